The number of hydrogen-bond donors (Lipinski definition) is 4. The Kier molecular flexibility index (Phi) is 6.76. The second-order valence-electron chi connectivity index (χ2n) is 9.17. The topological polar surface area (TPSA) is 108 Å². The highest BCUT2D eigenvalue weighted by Gasteiger charge is 2.33. The van der Waals surface area contributed by atoms with Gasteiger partial charge in [-0.05, 0) is 70.6 Å². The number of carbonyl (C=O) groups is 1. The molecule has 9 heteroatoms. The van der Waals surface area contributed by atoms with Crippen LogP contribution in [0.2, 0.25) is 0 Å². The maximum absolute atomic E-state index is 12.6. The molecule has 1 atom stereocenters. The highest BCUT2D eigenvalue weighted by Crippen LogP contribution is 2.24. The second-order valence-corrected chi connectivity index (χ2v) is 9.17. The van der Waals surface area contributed by atoms with Gasteiger partial charge in [-0.3, -0.25) is 14.6 Å². The van der Waals surface area contributed by atoms with E-state index in [0.29, 0.717) is 36.2 Å². The van der Waals surface area contributed by atoms with Gasteiger partial charge in [-0.25, -0.2) is 4.79 Å². The normalized spacial score (nSPS) is 24.7. The fraction of sp³-hybridized carbons (Fsp3) is 0.636. The van der Waals surface area contributed by atoms with Gasteiger partial charge < -0.3 is 25.3 Å². The van der Waals surface area contributed by atoms with Crippen molar-refractivity contribution in [3.8, 4) is 0 Å². The molecule has 1 unspecified atom stereocenters. The number of nitrogens with zero attached hydrogens (tertiary/aromatic N) is 3. The zero-order chi connectivity index (χ0) is 21.8. The Hall–Kier alpha value is -2.20. The Morgan fingerprint density at radius 1 is 1.03 bits per heavy atom. The summed E-state index contributed by atoms with van der Waals surface area (Å²) in [5, 5.41) is 14.2. The van der Waals surface area contributed by atoms with Crippen LogP contribution in [0.5, 0.6) is 0 Å². The third-order valence-electron chi connectivity index (χ3n) is 6.51. The molecule has 0 bridgehead atoms. The van der Waals surface area contributed by atoms with Crippen LogP contribution < -0.4 is 11.0 Å². The first kappa shape index (κ1) is 22.0. The van der Waals surface area contributed by atoms with Crippen LogP contribution in [0.4, 0.5) is 5.69 Å². The van der Waals surface area contributed by atoms with E-state index in [1.165, 1.54) is 0 Å². The van der Waals surface area contributed by atoms with Gasteiger partial charge in [0.2, 0.25) is 5.91 Å². The molecule has 2 aliphatic rings. The fourth-order valence-electron chi connectivity index (χ4n) is 4.74. The fourth-order valence-corrected chi connectivity index (χ4v) is 4.74. The molecule has 2 aliphatic heterocycles. The smallest absolute Gasteiger partial charge is 0.323 e. The van der Waals surface area contributed by atoms with Crippen molar-refractivity contribution in [2.24, 2.45) is 0 Å². The molecule has 9 nitrogen and oxygen atoms in total. The lowest BCUT2D eigenvalue weighted by Crippen LogP contribution is -2.45. The SMILES string of the molecule is CN1CCCN(CC2(O)CCCN(CC(=O)Nc3ccc4[nH]c(=O)[nH]c4c3)CC2)CC1. The number of imidazole rings is 1. The van der Waals surface area contributed by atoms with Crippen LogP contribution in [0, 0.1) is 0 Å². The van der Waals surface area contributed by atoms with E-state index in [2.05, 4.69) is 37.0 Å². The van der Waals surface area contributed by atoms with E-state index in [0.717, 1.165) is 58.5 Å². The molecule has 0 aliphatic carbocycles. The number of amides is 1. The monoisotopic (exact) mass is 430 g/mol. The Labute approximate surface area is 182 Å². The molecule has 170 valence electrons. The van der Waals surface area contributed by atoms with Crippen molar-refractivity contribution >= 4 is 22.6 Å². The van der Waals surface area contributed by atoms with E-state index in [1.54, 1.807) is 18.2 Å². The number of β-amino-alcohol motifs (C(OH)–C–C–N with tert-alkyl or cyclic N) is 1. The standard InChI is InChI=1S/C22H34N6O3/c1-26-8-3-10-28(13-12-26)16-22(31)6-2-9-27(11-7-22)15-20(29)23-17-4-5-18-19(14-17)25-21(30)24-18/h4-5,14,31H,2-3,6-13,15-16H2,1H3,(H,23,29)(H2,24,25,30). The first-order valence-electron chi connectivity index (χ1n) is 11.3. The maximum atomic E-state index is 12.6. The van der Waals surface area contributed by atoms with Gasteiger partial charge in [-0.1, -0.05) is 0 Å². The van der Waals surface area contributed by atoms with Gasteiger partial charge in [0.15, 0.2) is 0 Å². The van der Waals surface area contributed by atoms with Crippen LogP contribution in [0.25, 0.3) is 11.0 Å². The largest absolute Gasteiger partial charge is 0.389 e. The van der Waals surface area contributed by atoms with Crippen LogP contribution in [0.3, 0.4) is 0 Å². The minimum Gasteiger partial charge on any atom is -0.389 e. The molecule has 0 radical (unpaired) electrons. The van der Waals surface area contributed by atoms with Gasteiger partial charge in [0.05, 0.1) is 23.2 Å². The van der Waals surface area contributed by atoms with Crippen molar-refractivity contribution in [1.29, 1.82) is 0 Å². The summed E-state index contributed by atoms with van der Waals surface area (Å²) in [5.41, 5.74) is 1.10. The van der Waals surface area contributed by atoms with Gasteiger partial charge in [-0.2, -0.15) is 0 Å². The number of likely N-dealkylation sites (N-methyl/N-ethyl adjacent to an activating group) is 1. The van der Waals surface area contributed by atoms with Crippen LogP contribution in [-0.2, 0) is 4.79 Å². The lowest BCUT2D eigenvalue weighted by atomic mass is 9.94. The predicted octanol–water partition coefficient (Wildman–Crippen LogP) is 0.649. The van der Waals surface area contributed by atoms with E-state index < -0.39 is 5.60 Å². The number of H-pyrrole nitrogens is 2. The summed E-state index contributed by atoms with van der Waals surface area (Å²) in [5.74, 6) is -0.0850. The van der Waals surface area contributed by atoms with Gasteiger partial charge in [0.1, 0.15) is 0 Å². The zero-order valence-corrected chi connectivity index (χ0v) is 18.3. The Morgan fingerprint density at radius 2 is 1.84 bits per heavy atom. The summed E-state index contributed by atoms with van der Waals surface area (Å²) in [6.07, 6.45) is 3.48. The molecular weight excluding hydrogens is 396 g/mol. The molecular formula is C22H34N6O3. The average molecular weight is 431 g/mol. The molecule has 0 spiro atoms. The molecule has 31 heavy (non-hydrogen) atoms. The van der Waals surface area contributed by atoms with E-state index in [9.17, 15) is 14.7 Å². The van der Waals surface area contributed by atoms with Crippen molar-refractivity contribution in [2.45, 2.75) is 31.3 Å². The number of anilines is 1. The molecule has 1 aromatic heterocycles. The van der Waals surface area contributed by atoms with Gasteiger partial charge in [0, 0.05) is 31.9 Å². The van der Waals surface area contributed by atoms with Crippen molar-refractivity contribution in [1.82, 2.24) is 24.7 Å². The van der Waals surface area contributed by atoms with Gasteiger partial charge in [-0.15, -0.1) is 0 Å². The van der Waals surface area contributed by atoms with Crippen molar-refractivity contribution in [2.75, 3.05) is 64.7 Å². The van der Waals surface area contributed by atoms with Crippen LogP contribution in [-0.4, -0.2) is 101 Å². The van der Waals surface area contributed by atoms with Crippen LogP contribution in [0.15, 0.2) is 23.0 Å². The number of carbonyl (C=O) groups excluding carboxylic acids is 1. The number of benzene rings is 1. The van der Waals surface area contributed by atoms with Crippen LogP contribution >= 0.6 is 0 Å². The third-order valence-corrected chi connectivity index (χ3v) is 6.51. The summed E-state index contributed by atoms with van der Waals surface area (Å²) < 4.78 is 0. The number of hydrogen-bond acceptors (Lipinski definition) is 6. The Morgan fingerprint density at radius 3 is 2.71 bits per heavy atom. The molecule has 2 fully saturated rings. The molecule has 3 heterocycles. The van der Waals surface area contributed by atoms with E-state index in [-0.39, 0.29) is 11.6 Å². The minimum atomic E-state index is -0.681. The number of rotatable bonds is 5. The average Bonchev–Trinajstić information content (AvgIpc) is 2.83. The predicted molar refractivity (Wildman–Crippen MR) is 121 cm³/mol. The first-order chi connectivity index (χ1) is 14.9. The number of aromatic amines is 2. The third kappa shape index (κ3) is 5.94. The summed E-state index contributed by atoms with van der Waals surface area (Å²) in [6, 6.07) is 5.31. The van der Waals surface area contributed by atoms with E-state index in [4.69, 9.17) is 0 Å². The van der Waals surface area contributed by atoms with Crippen molar-refractivity contribution < 1.29 is 9.90 Å². The summed E-state index contributed by atoms with van der Waals surface area (Å²) in [7, 11) is 2.16. The molecule has 4 N–H and O–H groups in total. The molecule has 2 saturated heterocycles. The van der Waals surface area contributed by atoms with E-state index in [1.807, 2.05) is 0 Å². The van der Waals surface area contributed by atoms with Gasteiger partial charge in [0.25, 0.3) is 0 Å². The molecule has 2 aromatic rings. The van der Waals surface area contributed by atoms with Gasteiger partial charge >= 0.3 is 5.69 Å². The van der Waals surface area contributed by atoms with Crippen molar-refractivity contribution in [3.63, 3.8) is 0 Å². The quantitative estimate of drug-likeness (QED) is 0.555. The molecule has 4 rings (SSSR count). The number of aromatic nitrogens is 2. The number of likely N-dealkylation sites (tertiary alicyclic amines) is 1. The highest BCUT2D eigenvalue weighted by atomic mass is 16.3. The highest BCUT2D eigenvalue weighted by molar-refractivity contribution is 5.94. The second kappa shape index (κ2) is 9.52. The number of nitrogens with one attached hydrogen (secondary N) is 3. The lowest BCUT2D eigenvalue weighted by molar-refractivity contribution is -0.117. The first-order valence-corrected chi connectivity index (χ1v) is 11.3. The lowest BCUT2D eigenvalue weighted by Gasteiger charge is -2.33. The summed E-state index contributed by atoms with van der Waals surface area (Å²) in [4.78, 5) is 36.2. The Bertz CT molecular complexity index is 956. The summed E-state index contributed by atoms with van der Waals surface area (Å²) in [6.45, 7) is 6.74. The molecule has 1 amide bonds. The zero-order valence-electron chi connectivity index (χ0n) is 18.3. The van der Waals surface area contributed by atoms with Crippen molar-refractivity contribution in [3.05, 3.63) is 28.7 Å². The molecule has 0 saturated carbocycles. The van der Waals surface area contributed by atoms with Crippen LogP contribution in [0.1, 0.15) is 25.7 Å². The number of aliphatic hydroxyl groups is 1. The maximum Gasteiger partial charge on any atom is 0.323 e. The minimum absolute atomic E-state index is 0.0850. The summed E-state index contributed by atoms with van der Waals surface area (Å²) >= 11 is 0. The number of fused-ring (bicyclic) bond motifs is 1. The Balaban J connectivity index is 1.28. The molecule has 1 aromatic carbocycles. The van der Waals surface area contributed by atoms with E-state index >= 15 is 0 Å².